The Labute approximate surface area is 73.9 Å². The molecular formula is C10H17NO. The maximum atomic E-state index is 10.4. The van der Waals surface area contributed by atoms with Gasteiger partial charge < -0.3 is 4.90 Å². The second-order valence-corrected chi connectivity index (χ2v) is 4.92. The van der Waals surface area contributed by atoms with Crippen molar-refractivity contribution >= 4 is 6.41 Å². The van der Waals surface area contributed by atoms with Gasteiger partial charge in [-0.05, 0) is 24.7 Å². The number of likely N-dealkylation sites (tertiary alicyclic amines) is 1. The minimum atomic E-state index is 0.565. The molecule has 0 bridgehead atoms. The van der Waals surface area contributed by atoms with Gasteiger partial charge in [0.1, 0.15) is 0 Å². The SMILES string of the molecule is CC(C)C1CC2(C1)CN(C=O)C2. The topological polar surface area (TPSA) is 20.3 Å². The van der Waals surface area contributed by atoms with Gasteiger partial charge in [-0.1, -0.05) is 13.8 Å². The zero-order valence-electron chi connectivity index (χ0n) is 7.92. The van der Waals surface area contributed by atoms with Crippen LogP contribution in [0.5, 0.6) is 0 Å². The predicted octanol–water partition coefficient (Wildman–Crippen LogP) is 1.51. The third-order valence-electron chi connectivity index (χ3n) is 3.56. The lowest BCUT2D eigenvalue weighted by molar-refractivity contribution is -0.144. The van der Waals surface area contributed by atoms with Crippen molar-refractivity contribution in [1.29, 1.82) is 0 Å². The zero-order chi connectivity index (χ0) is 8.77. The van der Waals surface area contributed by atoms with Crippen molar-refractivity contribution in [2.75, 3.05) is 13.1 Å². The van der Waals surface area contributed by atoms with Crippen molar-refractivity contribution in [2.24, 2.45) is 17.3 Å². The minimum absolute atomic E-state index is 0.565. The van der Waals surface area contributed by atoms with E-state index < -0.39 is 0 Å². The van der Waals surface area contributed by atoms with Gasteiger partial charge in [0.05, 0.1) is 0 Å². The average Bonchev–Trinajstić information content (AvgIpc) is 1.81. The second kappa shape index (κ2) is 2.48. The van der Waals surface area contributed by atoms with E-state index in [1.165, 1.54) is 12.8 Å². The molecule has 1 aliphatic carbocycles. The van der Waals surface area contributed by atoms with Gasteiger partial charge in [0.2, 0.25) is 6.41 Å². The molecule has 1 amide bonds. The van der Waals surface area contributed by atoms with Crippen molar-refractivity contribution in [3.05, 3.63) is 0 Å². The molecule has 0 unspecified atom stereocenters. The molecule has 2 rings (SSSR count). The van der Waals surface area contributed by atoms with Gasteiger partial charge in [-0.15, -0.1) is 0 Å². The quantitative estimate of drug-likeness (QED) is 0.571. The Bertz CT molecular complexity index is 186. The lowest BCUT2D eigenvalue weighted by atomic mass is 9.55. The van der Waals surface area contributed by atoms with E-state index in [0.717, 1.165) is 31.3 Å². The molecule has 2 nitrogen and oxygen atoms in total. The van der Waals surface area contributed by atoms with Gasteiger partial charge in [-0.25, -0.2) is 0 Å². The first-order valence-corrected chi connectivity index (χ1v) is 4.85. The van der Waals surface area contributed by atoms with Gasteiger partial charge >= 0.3 is 0 Å². The van der Waals surface area contributed by atoms with E-state index in [-0.39, 0.29) is 0 Å². The number of carbonyl (C=O) groups excluding carboxylic acids is 1. The Balaban J connectivity index is 1.79. The Kier molecular flexibility index (Phi) is 1.67. The average molecular weight is 167 g/mol. The zero-order valence-corrected chi connectivity index (χ0v) is 7.92. The highest BCUT2D eigenvalue weighted by Crippen LogP contribution is 2.53. The van der Waals surface area contributed by atoms with Crippen LogP contribution in [0.25, 0.3) is 0 Å². The smallest absolute Gasteiger partial charge is 0.209 e. The molecule has 2 heteroatoms. The Morgan fingerprint density at radius 3 is 2.42 bits per heavy atom. The van der Waals surface area contributed by atoms with Crippen LogP contribution in [0.2, 0.25) is 0 Å². The first-order chi connectivity index (χ1) is 5.65. The largest absolute Gasteiger partial charge is 0.344 e. The van der Waals surface area contributed by atoms with Crippen LogP contribution in [0.15, 0.2) is 0 Å². The Morgan fingerprint density at radius 1 is 1.42 bits per heavy atom. The molecule has 12 heavy (non-hydrogen) atoms. The minimum Gasteiger partial charge on any atom is -0.344 e. The summed E-state index contributed by atoms with van der Waals surface area (Å²) in [6, 6.07) is 0. The third kappa shape index (κ3) is 1.05. The van der Waals surface area contributed by atoms with Crippen molar-refractivity contribution in [3.63, 3.8) is 0 Å². The van der Waals surface area contributed by atoms with Gasteiger partial charge in [0, 0.05) is 18.5 Å². The number of rotatable bonds is 2. The highest BCUT2D eigenvalue weighted by Gasteiger charge is 2.52. The standard InChI is InChI=1S/C10H17NO/c1-8(2)9-3-10(4-9)5-11(6-10)7-12/h7-9H,3-6H2,1-2H3. The third-order valence-corrected chi connectivity index (χ3v) is 3.56. The number of carbonyl (C=O) groups is 1. The molecule has 0 aromatic rings. The first kappa shape index (κ1) is 8.09. The molecule has 1 aliphatic heterocycles. The summed E-state index contributed by atoms with van der Waals surface area (Å²) in [5.74, 6) is 1.76. The normalized spacial score (nSPS) is 27.1. The molecule has 2 aliphatic rings. The summed E-state index contributed by atoms with van der Waals surface area (Å²) in [5.41, 5.74) is 0.565. The summed E-state index contributed by atoms with van der Waals surface area (Å²) in [5, 5.41) is 0. The fourth-order valence-electron chi connectivity index (χ4n) is 2.67. The number of hydrogen-bond acceptors (Lipinski definition) is 1. The van der Waals surface area contributed by atoms with E-state index >= 15 is 0 Å². The van der Waals surface area contributed by atoms with Crippen LogP contribution >= 0.6 is 0 Å². The summed E-state index contributed by atoms with van der Waals surface area (Å²) in [6.07, 6.45) is 3.69. The van der Waals surface area contributed by atoms with E-state index in [2.05, 4.69) is 13.8 Å². The predicted molar refractivity (Wildman–Crippen MR) is 47.6 cm³/mol. The molecular weight excluding hydrogens is 150 g/mol. The molecule has 68 valence electrons. The number of hydrogen-bond donors (Lipinski definition) is 0. The molecule has 0 N–H and O–H groups in total. The molecule has 1 spiro atoms. The number of nitrogens with zero attached hydrogens (tertiary/aromatic N) is 1. The van der Waals surface area contributed by atoms with Crippen LogP contribution in [0, 0.1) is 17.3 Å². The fourth-order valence-corrected chi connectivity index (χ4v) is 2.67. The van der Waals surface area contributed by atoms with Crippen molar-refractivity contribution in [2.45, 2.75) is 26.7 Å². The maximum Gasteiger partial charge on any atom is 0.209 e. The van der Waals surface area contributed by atoms with Gasteiger partial charge in [0.15, 0.2) is 0 Å². The summed E-state index contributed by atoms with van der Waals surface area (Å²) < 4.78 is 0. The van der Waals surface area contributed by atoms with Crippen LogP contribution in [0.4, 0.5) is 0 Å². The Hall–Kier alpha value is -0.530. The van der Waals surface area contributed by atoms with Crippen LogP contribution in [-0.4, -0.2) is 24.4 Å². The molecule has 1 heterocycles. The lowest BCUT2D eigenvalue weighted by Crippen LogP contribution is -2.62. The maximum absolute atomic E-state index is 10.4. The van der Waals surface area contributed by atoms with Gasteiger partial charge in [-0.3, -0.25) is 4.79 Å². The van der Waals surface area contributed by atoms with E-state index in [1.54, 1.807) is 0 Å². The van der Waals surface area contributed by atoms with E-state index in [0.29, 0.717) is 5.41 Å². The van der Waals surface area contributed by atoms with E-state index in [4.69, 9.17) is 0 Å². The van der Waals surface area contributed by atoms with Crippen LogP contribution < -0.4 is 0 Å². The van der Waals surface area contributed by atoms with Gasteiger partial charge in [0.25, 0.3) is 0 Å². The second-order valence-electron chi connectivity index (χ2n) is 4.92. The van der Waals surface area contributed by atoms with Crippen molar-refractivity contribution in [3.8, 4) is 0 Å². The van der Waals surface area contributed by atoms with Crippen molar-refractivity contribution in [1.82, 2.24) is 4.90 Å². The lowest BCUT2D eigenvalue weighted by Gasteiger charge is -2.59. The van der Waals surface area contributed by atoms with Crippen LogP contribution in [-0.2, 0) is 4.79 Å². The number of amides is 1. The molecule has 0 atom stereocenters. The molecule has 2 fully saturated rings. The molecule has 0 aromatic carbocycles. The van der Waals surface area contributed by atoms with E-state index in [1.807, 2.05) is 4.90 Å². The molecule has 0 aromatic heterocycles. The highest BCUT2D eigenvalue weighted by molar-refractivity contribution is 5.49. The van der Waals surface area contributed by atoms with Crippen molar-refractivity contribution < 1.29 is 4.79 Å². The molecule has 0 radical (unpaired) electrons. The summed E-state index contributed by atoms with van der Waals surface area (Å²) >= 11 is 0. The first-order valence-electron chi connectivity index (χ1n) is 4.85. The monoisotopic (exact) mass is 167 g/mol. The fraction of sp³-hybridized carbons (Fsp3) is 0.900. The van der Waals surface area contributed by atoms with E-state index in [9.17, 15) is 4.79 Å². The highest BCUT2D eigenvalue weighted by atomic mass is 16.1. The molecule has 1 saturated carbocycles. The summed E-state index contributed by atoms with van der Waals surface area (Å²) in [7, 11) is 0. The van der Waals surface area contributed by atoms with Crippen LogP contribution in [0.3, 0.4) is 0 Å². The molecule has 1 saturated heterocycles. The Morgan fingerprint density at radius 2 is 2.00 bits per heavy atom. The summed E-state index contributed by atoms with van der Waals surface area (Å²) in [6.45, 7) is 6.65. The van der Waals surface area contributed by atoms with Gasteiger partial charge in [-0.2, -0.15) is 0 Å². The summed E-state index contributed by atoms with van der Waals surface area (Å²) in [4.78, 5) is 12.2. The van der Waals surface area contributed by atoms with Crippen LogP contribution in [0.1, 0.15) is 26.7 Å².